The van der Waals surface area contributed by atoms with Gasteiger partial charge in [0.25, 0.3) is 0 Å². The summed E-state index contributed by atoms with van der Waals surface area (Å²) in [5.74, 6) is 0.717. The molecule has 9 heteroatoms. The molecule has 2 atom stereocenters. The Hall–Kier alpha value is -4.37. The fraction of sp³-hybridized carbons (Fsp3) is 0.353. The third kappa shape index (κ3) is 5.57. The zero-order valence-corrected chi connectivity index (χ0v) is 24.4. The number of carbonyl (C=O) groups is 2. The van der Waals surface area contributed by atoms with Crippen LogP contribution in [0.3, 0.4) is 0 Å². The maximum atomic E-state index is 13.8. The minimum Gasteiger partial charge on any atom is -0.494 e. The van der Waals surface area contributed by atoms with Crippen LogP contribution in [-0.4, -0.2) is 47.0 Å². The number of pyridine rings is 2. The Bertz CT molecular complexity index is 1720. The number of rotatable bonds is 10. The number of hydrogen-bond acceptors (Lipinski definition) is 7. The highest BCUT2D eigenvalue weighted by atomic mass is 19.1. The second-order valence-corrected chi connectivity index (χ2v) is 12.0. The Labute approximate surface area is 249 Å². The lowest BCUT2D eigenvalue weighted by Gasteiger charge is -2.26. The smallest absolute Gasteiger partial charge is 0.234 e. The molecule has 0 unspecified atom stereocenters. The Kier molecular flexibility index (Phi) is 7.38. The topological polar surface area (TPSA) is 111 Å². The average molecular weight is 584 g/mol. The summed E-state index contributed by atoms with van der Waals surface area (Å²) < 4.78 is 25.3. The van der Waals surface area contributed by atoms with Crippen molar-refractivity contribution < 1.29 is 28.6 Å². The summed E-state index contributed by atoms with van der Waals surface area (Å²) in [7, 11) is 1.53. The Balaban J connectivity index is 1.32. The fourth-order valence-electron chi connectivity index (χ4n) is 5.51. The van der Waals surface area contributed by atoms with E-state index in [0.717, 1.165) is 18.2 Å². The van der Waals surface area contributed by atoms with Crippen molar-refractivity contribution in [1.82, 2.24) is 15.3 Å². The van der Waals surface area contributed by atoms with Gasteiger partial charge in [-0.05, 0) is 87.6 Å². The molecule has 1 aliphatic carbocycles. The standard InChI is InChI=1S/C34H34FN3O5/c1-33(32(40)37-18-20-6-7-20)19-43-31-25(33)17-28(38-30(31)21-8-10-24(35)11-9-21)34(2,41)13-12-26(39)23-15-22-5-4-14-36-29(22)27(16-23)42-3/h4-5,8-11,14-17,20,41H,6-7,12-13,18-19H2,1-3H3,(H,37,40)/t33-,34-/m0/s1. The van der Waals surface area contributed by atoms with Gasteiger partial charge in [-0.1, -0.05) is 6.07 Å². The lowest BCUT2D eigenvalue weighted by Crippen LogP contribution is -2.44. The number of aliphatic hydroxyl groups is 1. The first kappa shape index (κ1) is 28.7. The Morgan fingerprint density at radius 3 is 2.67 bits per heavy atom. The van der Waals surface area contributed by atoms with Gasteiger partial charge in [0.05, 0.1) is 12.8 Å². The van der Waals surface area contributed by atoms with Crippen molar-refractivity contribution in [2.75, 3.05) is 20.3 Å². The van der Waals surface area contributed by atoms with Crippen molar-refractivity contribution >= 4 is 22.6 Å². The quantitative estimate of drug-likeness (QED) is 0.238. The number of hydrogen-bond donors (Lipinski definition) is 2. The van der Waals surface area contributed by atoms with Gasteiger partial charge in [0, 0.05) is 41.2 Å². The molecule has 222 valence electrons. The monoisotopic (exact) mass is 583 g/mol. The molecule has 2 aromatic carbocycles. The van der Waals surface area contributed by atoms with E-state index >= 15 is 0 Å². The highest BCUT2D eigenvalue weighted by Gasteiger charge is 2.46. The summed E-state index contributed by atoms with van der Waals surface area (Å²) in [5, 5.41) is 15.6. The van der Waals surface area contributed by atoms with Crippen LogP contribution in [-0.2, 0) is 15.8 Å². The molecular weight excluding hydrogens is 549 g/mol. The van der Waals surface area contributed by atoms with Crippen molar-refractivity contribution in [2.45, 2.75) is 50.5 Å². The number of nitrogens with zero attached hydrogens (tertiary/aromatic N) is 2. The number of methoxy groups -OCH3 is 1. The number of ketones is 1. The van der Waals surface area contributed by atoms with Crippen LogP contribution in [0.4, 0.5) is 4.39 Å². The van der Waals surface area contributed by atoms with Crippen LogP contribution < -0.4 is 14.8 Å². The van der Waals surface area contributed by atoms with Crippen molar-refractivity contribution in [3.05, 3.63) is 83.4 Å². The summed E-state index contributed by atoms with van der Waals surface area (Å²) in [6, 6.07) is 14.6. The van der Waals surface area contributed by atoms with E-state index in [4.69, 9.17) is 14.5 Å². The first-order valence-electron chi connectivity index (χ1n) is 14.5. The highest BCUT2D eigenvalue weighted by Crippen LogP contribution is 2.46. The van der Waals surface area contributed by atoms with Crippen LogP contribution in [0.5, 0.6) is 11.5 Å². The molecule has 0 saturated heterocycles. The van der Waals surface area contributed by atoms with Crippen LogP contribution in [0.1, 0.15) is 61.1 Å². The molecule has 0 radical (unpaired) electrons. The zero-order chi connectivity index (χ0) is 30.4. The van der Waals surface area contributed by atoms with Gasteiger partial charge in [-0.15, -0.1) is 0 Å². The first-order chi connectivity index (χ1) is 20.6. The van der Waals surface area contributed by atoms with E-state index in [0.29, 0.717) is 57.6 Å². The van der Waals surface area contributed by atoms with Crippen LogP contribution >= 0.6 is 0 Å². The molecular formula is C34H34FN3O5. The lowest BCUT2D eigenvalue weighted by molar-refractivity contribution is -0.126. The van der Waals surface area contributed by atoms with E-state index in [1.165, 1.54) is 19.2 Å². The molecule has 2 aromatic heterocycles. The van der Waals surface area contributed by atoms with Gasteiger partial charge in [-0.2, -0.15) is 0 Å². The van der Waals surface area contributed by atoms with E-state index in [1.807, 2.05) is 13.0 Å². The van der Waals surface area contributed by atoms with Gasteiger partial charge in [-0.3, -0.25) is 14.6 Å². The van der Waals surface area contributed by atoms with Crippen molar-refractivity contribution in [2.24, 2.45) is 5.92 Å². The van der Waals surface area contributed by atoms with E-state index in [9.17, 15) is 19.1 Å². The maximum absolute atomic E-state index is 13.8. The van der Waals surface area contributed by atoms with E-state index < -0.39 is 16.8 Å². The molecule has 1 fully saturated rings. The van der Waals surface area contributed by atoms with E-state index in [1.54, 1.807) is 49.5 Å². The van der Waals surface area contributed by atoms with E-state index in [2.05, 4.69) is 10.3 Å². The number of nitrogens with one attached hydrogen (secondary N) is 1. The first-order valence-corrected chi connectivity index (χ1v) is 14.5. The molecule has 2 aliphatic rings. The van der Waals surface area contributed by atoms with Crippen LogP contribution in [0.2, 0.25) is 0 Å². The van der Waals surface area contributed by atoms with Gasteiger partial charge >= 0.3 is 0 Å². The molecule has 0 spiro atoms. The molecule has 4 aromatic rings. The number of benzene rings is 2. The molecule has 1 amide bonds. The number of amides is 1. The third-order valence-electron chi connectivity index (χ3n) is 8.54. The van der Waals surface area contributed by atoms with Gasteiger partial charge in [0.1, 0.15) is 46.1 Å². The van der Waals surface area contributed by atoms with Crippen molar-refractivity contribution in [3.63, 3.8) is 0 Å². The maximum Gasteiger partial charge on any atom is 0.234 e. The minimum atomic E-state index is -1.53. The van der Waals surface area contributed by atoms with E-state index in [-0.39, 0.29) is 31.1 Å². The summed E-state index contributed by atoms with van der Waals surface area (Å²) in [6.07, 6.45) is 3.98. The normalized spacial score (nSPS) is 18.9. The Morgan fingerprint density at radius 1 is 1.19 bits per heavy atom. The number of aromatic nitrogens is 2. The largest absolute Gasteiger partial charge is 0.494 e. The molecule has 1 saturated carbocycles. The predicted molar refractivity (Wildman–Crippen MR) is 160 cm³/mol. The number of Topliss-reactive ketones (excluding diaryl/α,β-unsaturated/α-hetero) is 1. The predicted octanol–water partition coefficient (Wildman–Crippen LogP) is 5.49. The summed E-state index contributed by atoms with van der Waals surface area (Å²) >= 11 is 0. The van der Waals surface area contributed by atoms with Gasteiger partial charge in [-0.25, -0.2) is 9.37 Å². The molecule has 0 bridgehead atoms. The number of ether oxygens (including phenoxy) is 2. The third-order valence-corrected chi connectivity index (χ3v) is 8.54. The van der Waals surface area contributed by atoms with Crippen molar-refractivity contribution in [1.29, 1.82) is 0 Å². The molecule has 8 nitrogen and oxygen atoms in total. The fourth-order valence-corrected chi connectivity index (χ4v) is 5.51. The van der Waals surface area contributed by atoms with Crippen LogP contribution in [0, 0.1) is 11.7 Å². The zero-order valence-electron chi connectivity index (χ0n) is 24.4. The molecule has 43 heavy (non-hydrogen) atoms. The number of carbonyl (C=O) groups excluding carboxylic acids is 2. The molecule has 6 rings (SSSR count). The Morgan fingerprint density at radius 2 is 1.95 bits per heavy atom. The summed E-state index contributed by atoms with van der Waals surface area (Å²) in [4.78, 5) is 35.9. The van der Waals surface area contributed by atoms with Gasteiger partial charge < -0.3 is 19.9 Å². The highest BCUT2D eigenvalue weighted by molar-refractivity contribution is 6.01. The minimum absolute atomic E-state index is 0.0300. The number of fused-ring (bicyclic) bond motifs is 2. The van der Waals surface area contributed by atoms with Crippen LogP contribution in [0.15, 0.2) is 60.8 Å². The summed E-state index contributed by atoms with van der Waals surface area (Å²) in [6.45, 7) is 4.15. The SMILES string of the molecule is COc1cc(C(=O)CC[C@](C)(O)c2cc3c(c(-c4ccc(F)cc4)n2)OC[C@]3(C)C(=O)NCC2CC2)cc2cccnc12. The van der Waals surface area contributed by atoms with Crippen molar-refractivity contribution in [3.8, 4) is 22.8 Å². The second kappa shape index (κ2) is 11.0. The molecule has 2 N–H and O–H groups in total. The lowest BCUT2D eigenvalue weighted by atomic mass is 9.81. The van der Waals surface area contributed by atoms with Crippen LogP contribution in [0.25, 0.3) is 22.2 Å². The van der Waals surface area contributed by atoms with Gasteiger partial charge in [0.2, 0.25) is 5.91 Å². The van der Waals surface area contributed by atoms with Gasteiger partial charge in [0.15, 0.2) is 5.78 Å². The number of halogens is 1. The molecule has 1 aliphatic heterocycles. The molecule has 3 heterocycles. The summed E-state index contributed by atoms with van der Waals surface area (Å²) in [5.41, 5.74) is 0.462. The second-order valence-electron chi connectivity index (χ2n) is 12.0. The average Bonchev–Trinajstić information content (AvgIpc) is 3.79.